The van der Waals surface area contributed by atoms with E-state index in [0.29, 0.717) is 39.1 Å². The molecule has 0 atom stereocenters. The second kappa shape index (κ2) is 4.51. The first-order chi connectivity index (χ1) is 7.66. The van der Waals surface area contributed by atoms with Crippen LogP contribution in [0.4, 0.5) is 4.79 Å². The van der Waals surface area contributed by atoms with Crippen molar-refractivity contribution < 1.29 is 19.1 Å². The van der Waals surface area contributed by atoms with E-state index in [1.54, 1.807) is 4.90 Å². The van der Waals surface area contributed by atoms with Crippen LogP contribution in [0.25, 0.3) is 0 Å². The minimum absolute atomic E-state index is 0.0625. The summed E-state index contributed by atoms with van der Waals surface area (Å²) in [5, 5.41) is 0. The number of ether oxygens (including phenoxy) is 1. The van der Waals surface area contributed by atoms with Crippen LogP contribution in [-0.4, -0.2) is 60.4 Å². The zero-order valence-corrected chi connectivity index (χ0v) is 8.98. The maximum absolute atomic E-state index is 11.8. The number of cyclic esters (lactones) is 1. The smallest absolute Gasteiger partial charge is 0.410 e. The van der Waals surface area contributed by atoms with Crippen LogP contribution in [0.3, 0.4) is 0 Å². The Kier molecular flexibility index (Phi) is 3.07. The molecule has 6 nitrogen and oxygen atoms in total. The van der Waals surface area contributed by atoms with Gasteiger partial charge in [0.2, 0.25) is 5.91 Å². The average molecular weight is 226 g/mol. The SMILES string of the molecule is O=C1CCN(C(=O)CN2CCOC2=O)CC1. The summed E-state index contributed by atoms with van der Waals surface area (Å²) in [5.41, 5.74) is 0. The number of amides is 2. The van der Waals surface area contributed by atoms with Crippen LogP contribution in [0.1, 0.15) is 12.8 Å². The van der Waals surface area contributed by atoms with Crippen LogP contribution in [0.5, 0.6) is 0 Å². The molecule has 6 heteroatoms. The van der Waals surface area contributed by atoms with Gasteiger partial charge in [0.1, 0.15) is 18.9 Å². The van der Waals surface area contributed by atoms with E-state index in [1.165, 1.54) is 4.90 Å². The molecule has 0 saturated carbocycles. The number of likely N-dealkylation sites (tertiary alicyclic amines) is 1. The molecule has 2 amide bonds. The van der Waals surface area contributed by atoms with Gasteiger partial charge in [0.25, 0.3) is 0 Å². The Hall–Kier alpha value is -1.59. The van der Waals surface area contributed by atoms with Crippen molar-refractivity contribution in [2.45, 2.75) is 12.8 Å². The van der Waals surface area contributed by atoms with Gasteiger partial charge < -0.3 is 9.64 Å². The maximum Gasteiger partial charge on any atom is 0.410 e. The molecule has 2 rings (SSSR count). The minimum Gasteiger partial charge on any atom is -0.448 e. The average Bonchev–Trinajstić information content (AvgIpc) is 2.65. The van der Waals surface area contributed by atoms with Gasteiger partial charge in [0, 0.05) is 25.9 Å². The molecule has 16 heavy (non-hydrogen) atoms. The summed E-state index contributed by atoms with van der Waals surface area (Å²) < 4.78 is 4.73. The second-order valence-corrected chi connectivity index (χ2v) is 3.96. The molecule has 88 valence electrons. The predicted molar refractivity (Wildman–Crippen MR) is 53.7 cm³/mol. The molecule has 0 unspecified atom stereocenters. The number of carbonyl (C=O) groups is 3. The monoisotopic (exact) mass is 226 g/mol. The lowest BCUT2D eigenvalue weighted by molar-refractivity contribution is -0.134. The summed E-state index contributed by atoms with van der Waals surface area (Å²) in [6, 6.07) is 0. The van der Waals surface area contributed by atoms with Gasteiger partial charge in [-0.05, 0) is 0 Å². The molecule has 0 bridgehead atoms. The van der Waals surface area contributed by atoms with Crippen molar-refractivity contribution in [1.29, 1.82) is 0 Å². The lowest BCUT2D eigenvalue weighted by atomic mass is 10.1. The fraction of sp³-hybridized carbons (Fsp3) is 0.700. The Labute approximate surface area is 93.1 Å². The standard InChI is InChI=1S/C10H14N2O4/c13-8-1-3-11(4-2-8)9(14)7-12-5-6-16-10(12)15/h1-7H2. The van der Waals surface area contributed by atoms with Crippen LogP contribution in [0.2, 0.25) is 0 Å². The lowest BCUT2D eigenvalue weighted by Crippen LogP contribution is -2.44. The van der Waals surface area contributed by atoms with E-state index in [4.69, 9.17) is 4.74 Å². The highest BCUT2D eigenvalue weighted by atomic mass is 16.6. The number of nitrogens with zero attached hydrogens (tertiary/aromatic N) is 2. The molecule has 0 aromatic carbocycles. The zero-order chi connectivity index (χ0) is 11.5. The normalized spacial score (nSPS) is 21.2. The molecule has 2 fully saturated rings. The van der Waals surface area contributed by atoms with Crippen molar-refractivity contribution in [3.63, 3.8) is 0 Å². The van der Waals surface area contributed by atoms with Gasteiger partial charge in [-0.1, -0.05) is 0 Å². The number of piperidine rings is 1. The molecule has 2 heterocycles. The Bertz CT molecular complexity index is 319. The van der Waals surface area contributed by atoms with Crippen molar-refractivity contribution in [3.8, 4) is 0 Å². The van der Waals surface area contributed by atoms with Crippen LogP contribution in [-0.2, 0) is 14.3 Å². The molecule has 2 aliphatic rings. The highest BCUT2D eigenvalue weighted by molar-refractivity contribution is 5.86. The molecule has 2 aliphatic heterocycles. The topological polar surface area (TPSA) is 66.9 Å². The summed E-state index contributed by atoms with van der Waals surface area (Å²) >= 11 is 0. The molecule has 2 saturated heterocycles. The van der Waals surface area contributed by atoms with Gasteiger partial charge in [-0.3, -0.25) is 14.5 Å². The summed E-state index contributed by atoms with van der Waals surface area (Å²) in [4.78, 5) is 36.9. The first-order valence-electron chi connectivity index (χ1n) is 5.38. The van der Waals surface area contributed by atoms with Crippen LogP contribution in [0.15, 0.2) is 0 Å². The van der Waals surface area contributed by atoms with E-state index in [2.05, 4.69) is 0 Å². The van der Waals surface area contributed by atoms with Gasteiger partial charge >= 0.3 is 6.09 Å². The highest BCUT2D eigenvalue weighted by Crippen LogP contribution is 2.08. The zero-order valence-electron chi connectivity index (χ0n) is 8.98. The van der Waals surface area contributed by atoms with E-state index in [9.17, 15) is 14.4 Å². The molecule has 0 aromatic rings. The van der Waals surface area contributed by atoms with E-state index < -0.39 is 6.09 Å². The molecule has 0 radical (unpaired) electrons. The molecule has 0 N–H and O–H groups in total. The van der Waals surface area contributed by atoms with E-state index in [1.807, 2.05) is 0 Å². The minimum atomic E-state index is -0.429. The summed E-state index contributed by atoms with van der Waals surface area (Å²) in [5.74, 6) is 0.0935. The van der Waals surface area contributed by atoms with E-state index in [-0.39, 0.29) is 18.2 Å². The Morgan fingerprint density at radius 2 is 1.88 bits per heavy atom. The second-order valence-electron chi connectivity index (χ2n) is 3.96. The fourth-order valence-corrected chi connectivity index (χ4v) is 1.84. The molecule has 0 spiro atoms. The third-order valence-corrected chi connectivity index (χ3v) is 2.84. The number of ketones is 1. The number of carbonyl (C=O) groups excluding carboxylic acids is 3. The summed E-state index contributed by atoms with van der Waals surface area (Å²) in [7, 11) is 0. The van der Waals surface area contributed by atoms with Gasteiger partial charge in [-0.15, -0.1) is 0 Å². The first kappa shape index (κ1) is 10.9. The van der Waals surface area contributed by atoms with Crippen molar-refractivity contribution in [2.75, 3.05) is 32.8 Å². The number of hydrogen-bond donors (Lipinski definition) is 0. The van der Waals surface area contributed by atoms with Gasteiger partial charge in [-0.25, -0.2) is 4.79 Å². The number of rotatable bonds is 2. The van der Waals surface area contributed by atoms with Crippen LogP contribution in [0, 0.1) is 0 Å². The Balaban J connectivity index is 1.83. The summed E-state index contributed by atoms with van der Waals surface area (Å²) in [6.45, 7) is 1.83. The Morgan fingerprint density at radius 1 is 1.19 bits per heavy atom. The largest absolute Gasteiger partial charge is 0.448 e. The molecule has 0 aliphatic carbocycles. The van der Waals surface area contributed by atoms with Gasteiger partial charge in [0.15, 0.2) is 0 Å². The first-order valence-corrected chi connectivity index (χ1v) is 5.38. The highest BCUT2D eigenvalue weighted by Gasteiger charge is 2.27. The third-order valence-electron chi connectivity index (χ3n) is 2.84. The third kappa shape index (κ3) is 2.32. The fourth-order valence-electron chi connectivity index (χ4n) is 1.84. The van der Waals surface area contributed by atoms with Gasteiger partial charge in [-0.2, -0.15) is 0 Å². The van der Waals surface area contributed by atoms with Crippen molar-refractivity contribution in [3.05, 3.63) is 0 Å². The van der Waals surface area contributed by atoms with E-state index >= 15 is 0 Å². The van der Waals surface area contributed by atoms with E-state index in [0.717, 1.165) is 0 Å². The van der Waals surface area contributed by atoms with Crippen molar-refractivity contribution in [1.82, 2.24) is 9.80 Å². The number of Topliss-reactive ketones (excluding diaryl/α,β-unsaturated/α-hetero) is 1. The van der Waals surface area contributed by atoms with Crippen LogP contribution >= 0.6 is 0 Å². The molecular weight excluding hydrogens is 212 g/mol. The molecular formula is C10H14N2O4. The van der Waals surface area contributed by atoms with Gasteiger partial charge in [0.05, 0.1) is 6.54 Å². The van der Waals surface area contributed by atoms with Crippen molar-refractivity contribution >= 4 is 17.8 Å². The predicted octanol–water partition coefficient (Wildman–Crippen LogP) is -0.370. The van der Waals surface area contributed by atoms with Crippen molar-refractivity contribution in [2.24, 2.45) is 0 Å². The number of hydrogen-bond acceptors (Lipinski definition) is 4. The summed E-state index contributed by atoms with van der Waals surface area (Å²) in [6.07, 6.45) is 0.424. The quantitative estimate of drug-likeness (QED) is 0.644. The molecule has 0 aromatic heterocycles. The maximum atomic E-state index is 11.8. The Morgan fingerprint density at radius 3 is 2.44 bits per heavy atom. The lowest BCUT2D eigenvalue weighted by Gasteiger charge is -2.27. The van der Waals surface area contributed by atoms with Crippen LogP contribution < -0.4 is 0 Å².